The van der Waals surface area contributed by atoms with Gasteiger partial charge in [0.2, 0.25) is 5.95 Å². The summed E-state index contributed by atoms with van der Waals surface area (Å²) in [5.74, 6) is 0.423. The van der Waals surface area contributed by atoms with E-state index >= 15 is 0 Å². The molecule has 6 nitrogen and oxygen atoms in total. The molecule has 0 unspecified atom stereocenters. The van der Waals surface area contributed by atoms with Crippen molar-refractivity contribution in [2.45, 2.75) is 13.5 Å². The zero-order valence-corrected chi connectivity index (χ0v) is 15.3. The maximum atomic E-state index is 9.48. The molecule has 3 aromatic heterocycles. The number of pyridine rings is 1. The molecule has 7 heteroatoms. The molecular formula is C20H15ClN6. The lowest BCUT2D eigenvalue weighted by Gasteiger charge is -2.09. The van der Waals surface area contributed by atoms with Gasteiger partial charge in [0.15, 0.2) is 0 Å². The van der Waals surface area contributed by atoms with Crippen LogP contribution in [0.1, 0.15) is 16.7 Å². The highest BCUT2D eigenvalue weighted by atomic mass is 35.5. The molecule has 1 N–H and O–H groups in total. The van der Waals surface area contributed by atoms with Crippen LogP contribution in [-0.2, 0) is 6.54 Å². The van der Waals surface area contributed by atoms with Crippen LogP contribution in [0, 0.1) is 18.3 Å². The van der Waals surface area contributed by atoms with Crippen LogP contribution in [0.4, 0.5) is 5.95 Å². The summed E-state index contributed by atoms with van der Waals surface area (Å²) in [5, 5.41) is 13.3. The number of nitrogens with one attached hydrogen (secondary N) is 1. The zero-order chi connectivity index (χ0) is 18.8. The van der Waals surface area contributed by atoms with E-state index in [1.807, 2.05) is 53.9 Å². The molecule has 0 amide bonds. The van der Waals surface area contributed by atoms with Crippen molar-refractivity contribution >= 4 is 23.2 Å². The summed E-state index contributed by atoms with van der Waals surface area (Å²) in [4.78, 5) is 13.3. The fourth-order valence-electron chi connectivity index (χ4n) is 2.89. The smallest absolute Gasteiger partial charge is 0.223 e. The lowest BCUT2D eigenvalue weighted by atomic mass is 10.2. The Labute approximate surface area is 161 Å². The minimum atomic E-state index is 0.390. The average molecular weight is 375 g/mol. The van der Waals surface area contributed by atoms with Crippen molar-refractivity contribution in [3.05, 3.63) is 76.7 Å². The second-order valence-electron chi connectivity index (χ2n) is 6.04. The van der Waals surface area contributed by atoms with E-state index in [9.17, 15) is 5.26 Å². The molecule has 0 aliphatic rings. The SMILES string of the molecule is Cc1cccn2c(-c3nc(NCc4ccccc4Cl)ncc3C#N)cnc12. The molecule has 0 atom stereocenters. The van der Waals surface area contributed by atoms with Gasteiger partial charge in [-0.2, -0.15) is 5.26 Å². The molecule has 132 valence electrons. The molecule has 0 fully saturated rings. The average Bonchev–Trinajstić information content (AvgIpc) is 3.12. The van der Waals surface area contributed by atoms with Crippen LogP contribution in [0.5, 0.6) is 0 Å². The number of nitrogens with zero attached hydrogens (tertiary/aromatic N) is 5. The highest BCUT2D eigenvalue weighted by molar-refractivity contribution is 6.31. The largest absolute Gasteiger partial charge is 0.350 e. The van der Waals surface area contributed by atoms with Crippen molar-refractivity contribution in [2.24, 2.45) is 0 Å². The first-order valence-electron chi connectivity index (χ1n) is 8.35. The second kappa shape index (κ2) is 7.06. The molecule has 4 aromatic rings. The van der Waals surface area contributed by atoms with Gasteiger partial charge in [-0.05, 0) is 30.2 Å². The van der Waals surface area contributed by atoms with E-state index in [1.165, 1.54) is 6.20 Å². The van der Waals surface area contributed by atoms with Gasteiger partial charge in [0.25, 0.3) is 0 Å². The van der Waals surface area contributed by atoms with Crippen molar-refractivity contribution in [3.63, 3.8) is 0 Å². The number of aromatic nitrogens is 4. The Balaban J connectivity index is 1.72. The number of aryl methyl sites for hydroxylation is 1. The predicted molar refractivity (Wildman–Crippen MR) is 104 cm³/mol. The summed E-state index contributed by atoms with van der Waals surface area (Å²) < 4.78 is 1.93. The Kier molecular flexibility index (Phi) is 4.45. The Morgan fingerprint density at radius 1 is 1.15 bits per heavy atom. The van der Waals surface area contributed by atoms with E-state index < -0.39 is 0 Å². The molecule has 0 spiro atoms. The minimum absolute atomic E-state index is 0.390. The fraction of sp³-hybridized carbons (Fsp3) is 0.100. The first-order chi connectivity index (χ1) is 13.2. The third-order valence-electron chi connectivity index (χ3n) is 4.28. The number of imidazole rings is 1. The summed E-state index contributed by atoms with van der Waals surface area (Å²) in [6.07, 6.45) is 5.15. The number of hydrogen-bond donors (Lipinski definition) is 1. The number of halogens is 1. The van der Waals surface area contributed by atoms with Crippen LogP contribution < -0.4 is 5.32 Å². The van der Waals surface area contributed by atoms with E-state index in [4.69, 9.17) is 11.6 Å². The number of fused-ring (bicyclic) bond motifs is 1. The third kappa shape index (κ3) is 3.21. The van der Waals surface area contributed by atoms with Gasteiger partial charge >= 0.3 is 0 Å². The monoisotopic (exact) mass is 374 g/mol. The lowest BCUT2D eigenvalue weighted by Crippen LogP contribution is -2.06. The topological polar surface area (TPSA) is 78.9 Å². The Morgan fingerprint density at radius 3 is 2.81 bits per heavy atom. The second-order valence-corrected chi connectivity index (χ2v) is 6.45. The van der Waals surface area contributed by atoms with Crippen molar-refractivity contribution < 1.29 is 0 Å². The Hall–Kier alpha value is -3.43. The standard InChI is InChI=1S/C20H15ClN6/c1-13-5-4-8-27-17(12-23-19(13)27)18-15(9-22)11-25-20(26-18)24-10-14-6-2-3-7-16(14)21/h2-8,11-12H,10H2,1H3,(H,24,25,26). The van der Waals surface area contributed by atoms with Gasteiger partial charge in [-0.3, -0.25) is 4.40 Å². The zero-order valence-electron chi connectivity index (χ0n) is 14.5. The van der Waals surface area contributed by atoms with E-state index in [0.717, 1.165) is 22.5 Å². The van der Waals surface area contributed by atoms with Crippen molar-refractivity contribution in [2.75, 3.05) is 5.32 Å². The maximum Gasteiger partial charge on any atom is 0.223 e. The molecule has 4 rings (SSSR count). The number of benzene rings is 1. The number of nitriles is 1. The van der Waals surface area contributed by atoms with E-state index in [1.54, 1.807) is 6.20 Å². The van der Waals surface area contributed by atoms with Crippen LogP contribution >= 0.6 is 11.6 Å². The molecule has 0 aliphatic heterocycles. The Morgan fingerprint density at radius 2 is 2.00 bits per heavy atom. The number of anilines is 1. The highest BCUT2D eigenvalue weighted by Crippen LogP contribution is 2.24. The molecule has 0 aliphatic carbocycles. The molecule has 0 radical (unpaired) electrons. The summed E-state index contributed by atoms with van der Waals surface area (Å²) in [6.45, 7) is 2.48. The van der Waals surface area contributed by atoms with Gasteiger partial charge in [-0.25, -0.2) is 15.0 Å². The third-order valence-corrected chi connectivity index (χ3v) is 4.65. The number of rotatable bonds is 4. The quantitative estimate of drug-likeness (QED) is 0.578. The summed E-state index contributed by atoms with van der Waals surface area (Å²) in [6, 6.07) is 13.7. The van der Waals surface area contributed by atoms with Gasteiger partial charge in [-0.15, -0.1) is 0 Å². The predicted octanol–water partition coefficient (Wildman–Crippen LogP) is 4.24. The summed E-state index contributed by atoms with van der Waals surface area (Å²) in [7, 11) is 0. The Bertz CT molecular complexity index is 1170. The summed E-state index contributed by atoms with van der Waals surface area (Å²) >= 11 is 6.20. The van der Waals surface area contributed by atoms with E-state index in [2.05, 4.69) is 26.3 Å². The van der Waals surface area contributed by atoms with Crippen LogP contribution in [0.2, 0.25) is 5.02 Å². The summed E-state index contributed by atoms with van der Waals surface area (Å²) in [5.41, 5.74) is 4.50. The van der Waals surface area contributed by atoms with Crippen molar-refractivity contribution in [1.82, 2.24) is 19.4 Å². The maximum absolute atomic E-state index is 9.48. The molecule has 0 bridgehead atoms. The number of hydrogen-bond acceptors (Lipinski definition) is 5. The van der Waals surface area contributed by atoms with Gasteiger partial charge < -0.3 is 5.32 Å². The van der Waals surface area contributed by atoms with Crippen molar-refractivity contribution in [3.8, 4) is 17.5 Å². The van der Waals surface area contributed by atoms with E-state index in [-0.39, 0.29) is 0 Å². The first-order valence-corrected chi connectivity index (χ1v) is 8.72. The fourth-order valence-corrected chi connectivity index (χ4v) is 3.09. The van der Waals surface area contributed by atoms with Gasteiger partial charge in [0.1, 0.15) is 17.4 Å². The van der Waals surface area contributed by atoms with Crippen LogP contribution in [0.25, 0.3) is 17.0 Å². The van der Waals surface area contributed by atoms with Crippen LogP contribution in [0.3, 0.4) is 0 Å². The van der Waals surface area contributed by atoms with Gasteiger partial charge in [0, 0.05) is 17.8 Å². The van der Waals surface area contributed by atoms with Crippen LogP contribution in [0.15, 0.2) is 55.0 Å². The minimum Gasteiger partial charge on any atom is -0.350 e. The highest BCUT2D eigenvalue weighted by Gasteiger charge is 2.15. The van der Waals surface area contributed by atoms with Crippen LogP contribution in [-0.4, -0.2) is 19.4 Å². The molecular weight excluding hydrogens is 360 g/mol. The van der Waals surface area contributed by atoms with E-state index in [0.29, 0.717) is 28.8 Å². The normalized spacial score (nSPS) is 10.7. The lowest BCUT2D eigenvalue weighted by molar-refractivity contribution is 1.04. The first kappa shape index (κ1) is 17.0. The van der Waals surface area contributed by atoms with Crippen molar-refractivity contribution in [1.29, 1.82) is 5.26 Å². The molecule has 27 heavy (non-hydrogen) atoms. The molecule has 3 heterocycles. The molecule has 1 aromatic carbocycles. The molecule has 0 saturated heterocycles. The van der Waals surface area contributed by atoms with Gasteiger partial charge in [-0.1, -0.05) is 35.9 Å². The van der Waals surface area contributed by atoms with Gasteiger partial charge in [0.05, 0.1) is 23.7 Å². The molecule has 0 saturated carbocycles.